The van der Waals surface area contributed by atoms with Gasteiger partial charge in [0.1, 0.15) is 0 Å². The van der Waals surface area contributed by atoms with Crippen LogP contribution in [0.1, 0.15) is 12.8 Å². The van der Waals surface area contributed by atoms with Crippen molar-refractivity contribution in [3.05, 3.63) is 36.5 Å². The summed E-state index contributed by atoms with van der Waals surface area (Å²) < 4.78 is 5.31. The van der Waals surface area contributed by atoms with E-state index in [2.05, 4.69) is 15.5 Å². The van der Waals surface area contributed by atoms with Crippen LogP contribution in [0.5, 0.6) is 0 Å². The van der Waals surface area contributed by atoms with Crippen molar-refractivity contribution in [2.24, 2.45) is 11.7 Å². The number of hydrogen-bond acceptors (Lipinski definition) is 4. The molecule has 1 aliphatic heterocycles. The van der Waals surface area contributed by atoms with Gasteiger partial charge in [-0.25, -0.2) is 0 Å². The standard InChI is InChI=1S/C16H20N4O2.ClH/c17-15(11-5-8-22-9-6-11)16(21)19-13-3-1-2-12(10-13)14-4-7-18-20-14;/h1-4,7,10-11,15H,5-6,8-9,17H2,(H,18,20)(H,19,21);1H. The maximum atomic E-state index is 12.3. The number of aromatic amines is 1. The van der Waals surface area contributed by atoms with E-state index in [0.29, 0.717) is 13.2 Å². The molecule has 23 heavy (non-hydrogen) atoms. The Morgan fingerprint density at radius 2 is 2.13 bits per heavy atom. The number of benzene rings is 1. The van der Waals surface area contributed by atoms with Gasteiger partial charge in [0.25, 0.3) is 0 Å². The summed E-state index contributed by atoms with van der Waals surface area (Å²) in [5.41, 5.74) is 8.70. The number of nitrogens with one attached hydrogen (secondary N) is 2. The minimum atomic E-state index is -0.500. The number of H-pyrrole nitrogens is 1. The van der Waals surface area contributed by atoms with E-state index in [0.717, 1.165) is 29.8 Å². The quantitative estimate of drug-likeness (QED) is 0.797. The van der Waals surface area contributed by atoms with Crippen molar-refractivity contribution in [1.82, 2.24) is 10.2 Å². The third-order valence-electron chi connectivity index (χ3n) is 4.02. The molecule has 1 atom stereocenters. The van der Waals surface area contributed by atoms with E-state index >= 15 is 0 Å². The van der Waals surface area contributed by atoms with Gasteiger partial charge >= 0.3 is 0 Å². The molecule has 0 saturated carbocycles. The first kappa shape index (κ1) is 17.5. The van der Waals surface area contributed by atoms with Gasteiger partial charge in [0.2, 0.25) is 5.91 Å². The summed E-state index contributed by atoms with van der Waals surface area (Å²) in [5, 5.41) is 9.74. The molecule has 3 rings (SSSR count). The molecule has 1 aliphatic rings. The van der Waals surface area contributed by atoms with Gasteiger partial charge in [-0.2, -0.15) is 5.10 Å². The Morgan fingerprint density at radius 3 is 2.83 bits per heavy atom. The molecule has 1 amide bonds. The molecule has 1 aromatic heterocycles. The number of nitrogens with two attached hydrogens (primary N) is 1. The molecule has 0 aliphatic carbocycles. The molecule has 1 saturated heterocycles. The Labute approximate surface area is 141 Å². The fourth-order valence-corrected chi connectivity index (χ4v) is 2.70. The number of rotatable bonds is 4. The summed E-state index contributed by atoms with van der Waals surface area (Å²) in [6.45, 7) is 1.36. The van der Waals surface area contributed by atoms with E-state index in [1.807, 2.05) is 30.3 Å². The Balaban J connectivity index is 0.00000192. The summed E-state index contributed by atoms with van der Waals surface area (Å²) in [6.07, 6.45) is 3.37. The third kappa shape index (κ3) is 4.31. The minimum absolute atomic E-state index is 0. The zero-order valence-corrected chi connectivity index (χ0v) is 13.5. The fraction of sp³-hybridized carbons (Fsp3) is 0.375. The molecule has 7 heteroatoms. The molecule has 2 aromatic rings. The average Bonchev–Trinajstić information content (AvgIpc) is 3.10. The van der Waals surface area contributed by atoms with Crippen molar-refractivity contribution >= 4 is 24.0 Å². The Morgan fingerprint density at radius 1 is 1.35 bits per heavy atom. The summed E-state index contributed by atoms with van der Waals surface area (Å²) >= 11 is 0. The minimum Gasteiger partial charge on any atom is -0.381 e. The normalized spacial score (nSPS) is 16.4. The second kappa shape index (κ2) is 8.10. The van der Waals surface area contributed by atoms with Gasteiger partial charge in [0.05, 0.1) is 11.7 Å². The van der Waals surface area contributed by atoms with Gasteiger partial charge in [0, 0.05) is 30.7 Å². The van der Waals surface area contributed by atoms with E-state index in [9.17, 15) is 4.79 Å². The molecule has 0 spiro atoms. The van der Waals surface area contributed by atoms with Crippen LogP contribution >= 0.6 is 12.4 Å². The predicted octanol–water partition coefficient (Wildman–Crippen LogP) is 2.19. The second-order valence-electron chi connectivity index (χ2n) is 5.52. The number of anilines is 1. The first-order valence-electron chi connectivity index (χ1n) is 7.48. The zero-order chi connectivity index (χ0) is 15.4. The average molecular weight is 337 g/mol. The van der Waals surface area contributed by atoms with Crippen LogP contribution in [0.25, 0.3) is 11.3 Å². The van der Waals surface area contributed by atoms with Crippen molar-refractivity contribution in [2.75, 3.05) is 18.5 Å². The first-order valence-corrected chi connectivity index (χ1v) is 7.48. The van der Waals surface area contributed by atoms with Crippen LogP contribution in [0.2, 0.25) is 0 Å². The van der Waals surface area contributed by atoms with Crippen molar-refractivity contribution in [3.63, 3.8) is 0 Å². The molecular weight excluding hydrogens is 316 g/mol. The van der Waals surface area contributed by atoms with Crippen LogP contribution in [0.3, 0.4) is 0 Å². The smallest absolute Gasteiger partial charge is 0.241 e. The van der Waals surface area contributed by atoms with Crippen molar-refractivity contribution in [2.45, 2.75) is 18.9 Å². The van der Waals surface area contributed by atoms with Gasteiger partial charge in [-0.1, -0.05) is 12.1 Å². The highest BCUT2D eigenvalue weighted by atomic mass is 35.5. The summed E-state index contributed by atoms with van der Waals surface area (Å²) in [5.74, 6) is 0.0400. The second-order valence-corrected chi connectivity index (χ2v) is 5.52. The van der Waals surface area contributed by atoms with Crippen molar-refractivity contribution < 1.29 is 9.53 Å². The largest absolute Gasteiger partial charge is 0.381 e. The SMILES string of the molecule is Cl.NC(C(=O)Nc1cccc(-c2ccn[nH]2)c1)C1CCOCC1. The summed E-state index contributed by atoms with van der Waals surface area (Å²) in [6, 6.07) is 9.00. The maximum Gasteiger partial charge on any atom is 0.241 e. The molecule has 2 heterocycles. The molecule has 0 radical (unpaired) electrons. The monoisotopic (exact) mass is 336 g/mol. The highest BCUT2D eigenvalue weighted by Gasteiger charge is 2.26. The van der Waals surface area contributed by atoms with Crippen LogP contribution in [-0.4, -0.2) is 35.4 Å². The summed E-state index contributed by atoms with van der Waals surface area (Å²) in [7, 11) is 0. The highest BCUT2D eigenvalue weighted by molar-refractivity contribution is 5.95. The van der Waals surface area contributed by atoms with Crippen LogP contribution in [-0.2, 0) is 9.53 Å². The molecule has 0 bridgehead atoms. The molecule has 1 fully saturated rings. The van der Waals surface area contributed by atoms with E-state index in [-0.39, 0.29) is 24.2 Å². The number of ether oxygens (including phenoxy) is 1. The number of amides is 1. The van der Waals surface area contributed by atoms with Crippen molar-refractivity contribution in [3.8, 4) is 11.3 Å². The van der Waals surface area contributed by atoms with Crippen LogP contribution in [0, 0.1) is 5.92 Å². The van der Waals surface area contributed by atoms with Gasteiger partial charge in [0.15, 0.2) is 0 Å². The van der Waals surface area contributed by atoms with Gasteiger partial charge in [-0.3, -0.25) is 9.89 Å². The maximum absolute atomic E-state index is 12.3. The summed E-state index contributed by atoms with van der Waals surface area (Å²) in [4.78, 5) is 12.3. The van der Waals surface area contributed by atoms with E-state index in [1.165, 1.54) is 0 Å². The Bertz CT molecular complexity index is 627. The number of nitrogens with zero attached hydrogens (tertiary/aromatic N) is 1. The van der Waals surface area contributed by atoms with Gasteiger partial charge in [-0.05, 0) is 37.0 Å². The first-order chi connectivity index (χ1) is 10.7. The fourth-order valence-electron chi connectivity index (χ4n) is 2.70. The third-order valence-corrected chi connectivity index (χ3v) is 4.02. The van der Waals surface area contributed by atoms with E-state index in [1.54, 1.807) is 6.20 Å². The lowest BCUT2D eigenvalue weighted by Gasteiger charge is -2.26. The molecule has 4 N–H and O–H groups in total. The number of carbonyl (C=O) groups excluding carboxylic acids is 1. The topological polar surface area (TPSA) is 93.0 Å². The van der Waals surface area contributed by atoms with Crippen LogP contribution in [0.4, 0.5) is 5.69 Å². The molecular formula is C16H21ClN4O2. The van der Waals surface area contributed by atoms with Crippen molar-refractivity contribution in [1.29, 1.82) is 0 Å². The highest BCUT2D eigenvalue weighted by Crippen LogP contribution is 2.22. The molecule has 6 nitrogen and oxygen atoms in total. The number of carbonyl (C=O) groups is 1. The zero-order valence-electron chi connectivity index (χ0n) is 12.7. The number of hydrogen-bond donors (Lipinski definition) is 3. The number of aromatic nitrogens is 2. The lowest BCUT2D eigenvalue weighted by atomic mass is 9.92. The van der Waals surface area contributed by atoms with Gasteiger partial charge < -0.3 is 15.8 Å². The lowest BCUT2D eigenvalue weighted by Crippen LogP contribution is -2.44. The Kier molecular flexibility index (Phi) is 6.15. The molecule has 1 aromatic carbocycles. The van der Waals surface area contributed by atoms with E-state index in [4.69, 9.17) is 10.5 Å². The number of halogens is 1. The Hall–Kier alpha value is -1.89. The van der Waals surface area contributed by atoms with E-state index < -0.39 is 6.04 Å². The molecule has 124 valence electrons. The predicted molar refractivity (Wildman–Crippen MR) is 91.4 cm³/mol. The lowest BCUT2D eigenvalue weighted by molar-refractivity contribution is -0.119. The van der Waals surface area contributed by atoms with Crippen LogP contribution in [0.15, 0.2) is 36.5 Å². The van der Waals surface area contributed by atoms with Gasteiger partial charge in [-0.15, -0.1) is 12.4 Å². The molecule has 1 unspecified atom stereocenters. The van der Waals surface area contributed by atoms with Crippen LogP contribution < -0.4 is 11.1 Å².